The molecule has 1 heterocycles. The molecule has 1 aliphatic carbocycles. The van der Waals surface area contributed by atoms with Gasteiger partial charge in [-0.1, -0.05) is 53.5 Å². The van der Waals surface area contributed by atoms with Gasteiger partial charge in [0, 0.05) is 43.9 Å². The number of methoxy groups -OCH3 is 2. The molecule has 0 aromatic heterocycles. The van der Waals surface area contributed by atoms with Crippen molar-refractivity contribution in [3.8, 4) is 11.5 Å². The Morgan fingerprint density at radius 1 is 1.05 bits per heavy atom. The van der Waals surface area contributed by atoms with Crippen molar-refractivity contribution in [3.05, 3.63) is 108 Å². The van der Waals surface area contributed by atoms with Gasteiger partial charge in [0.2, 0.25) is 0 Å². The number of hydrogen-bond acceptors (Lipinski definition) is 6. The maximum Gasteiger partial charge on any atom is 0.336 e. The van der Waals surface area contributed by atoms with E-state index < -0.39 is 11.9 Å². The Morgan fingerprint density at radius 3 is 2.47 bits per heavy atom. The molecule has 1 aliphatic heterocycles. The van der Waals surface area contributed by atoms with Crippen LogP contribution in [0.25, 0.3) is 5.70 Å². The minimum Gasteiger partial charge on any atom is -0.493 e. The zero-order valence-corrected chi connectivity index (χ0v) is 23.8. The molecule has 0 amide bonds. The van der Waals surface area contributed by atoms with Crippen LogP contribution in [0.3, 0.4) is 0 Å². The fourth-order valence-corrected chi connectivity index (χ4v) is 5.92. The number of hydrogen-bond donors (Lipinski definition) is 1. The molecular weight excluding hydrogens is 593 g/mol. The molecule has 0 spiro atoms. The van der Waals surface area contributed by atoms with Gasteiger partial charge in [0.25, 0.3) is 0 Å². The molecule has 2 aliphatic rings. The van der Waals surface area contributed by atoms with Gasteiger partial charge in [0.15, 0.2) is 17.3 Å². The van der Waals surface area contributed by atoms with E-state index in [-0.39, 0.29) is 12.4 Å². The van der Waals surface area contributed by atoms with Gasteiger partial charge in [0.1, 0.15) is 6.61 Å². The maximum absolute atomic E-state index is 13.6. The van der Waals surface area contributed by atoms with Crippen LogP contribution in [0.2, 0.25) is 10.0 Å². The summed E-state index contributed by atoms with van der Waals surface area (Å²) in [6.45, 7) is 1.97. The van der Waals surface area contributed by atoms with Crippen molar-refractivity contribution in [1.29, 1.82) is 0 Å². The third-order valence-electron chi connectivity index (χ3n) is 6.63. The van der Waals surface area contributed by atoms with Crippen molar-refractivity contribution in [3.63, 3.8) is 0 Å². The van der Waals surface area contributed by atoms with Crippen molar-refractivity contribution in [2.75, 3.05) is 14.2 Å². The summed E-state index contributed by atoms with van der Waals surface area (Å²) in [6.07, 6.45) is 0. The van der Waals surface area contributed by atoms with Crippen LogP contribution < -0.4 is 14.8 Å². The molecule has 1 atom stereocenters. The van der Waals surface area contributed by atoms with Crippen LogP contribution in [-0.2, 0) is 16.1 Å². The third kappa shape index (κ3) is 4.49. The largest absolute Gasteiger partial charge is 0.493 e. The standard InChI is InChI=1S/C29H22BrCl2NO5/c1-14-23(29(35)37-3)24(25-26(33-14)18-6-4-5-7-19(18)27(25)34)16-10-20(30)28(22(11-16)36-2)38-13-15-8-9-17(31)12-21(15)32/h4-12,24,33H,13H2,1-3H3/t24-/m0/s1. The van der Waals surface area contributed by atoms with Crippen LogP contribution in [0, 0.1) is 0 Å². The lowest BCUT2D eigenvalue weighted by Crippen LogP contribution is -2.29. The summed E-state index contributed by atoms with van der Waals surface area (Å²) in [6, 6.07) is 16.2. The quantitative estimate of drug-likeness (QED) is 0.299. The Hall–Kier alpha value is -3.26. The Labute approximate surface area is 238 Å². The number of benzene rings is 3. The fraction of sp³-hybridized carbons (Fsp3) is 0.172. The average molecular weight is 615 g/mol. The molecule has 0 bridgehead atoms. The van der Waals surface area contributed by atoms with E-state index in [1.165, 1.54) is 14.2 Å². The molecule has 0 fully saturated rings. The normalized spacial score (nSPS) is 16.2. The van der Waals surface area contributed by atoms with E-state index in [1.807, 2.05) is 24.3 Å². The van der Waals surface area contributed by atoms with Gasteiger partial charge in [-0.3, -0.25) is 4.79 Å². The van der Waals surface area contributed by atoms with Crippen LogP contribution in [0.15, 0.2) is 75.9 Å². The summed E-state index contributed by atoms with van der Waals surface area (Å²) < 4.78 is 17.5. The minimum atomic E-state index is -0.691. The van der Waals surface area contributed by atoms with Gasteiger partial charge in [-0.15, -0.1) is 0 Å². The molecule has 38 heavy (non-hydrogen) atoms. The lowest BCUT2D eigenvalue weighted by molar-refractivity contribution is -0.136. The molecule has 3 aromatic carbocycles. The number of Topliss-reactive ketones (excluding diaryl/α,β-unsaturated/α-hetero) is 1. The van der Waals surface area contributed by atoms with E-state index in [1.54, 1.807) is 37.3 Å². The van der Waals surface area contributed by atoms with Crippen LogP contribution >= 0.6 is 39.1 Å². The second-order valence-electron chi connectivity index (χ2n) is 8.81. The van der Waals surface area contributed by atoms with Crippen LogP contribution in [-0.4, -0.2) is 26.0 Å². The van der Waals surface area contributed by atoms with E-state index in [9.17, 15) is 9.59 Å². The molecule has 0 unspecified atom stereocenters. The smallest absolute Gasteiger partial charge is 0.336 e. The van der Waals surface area contributed by atoms with E-state index >= 15 is 0 Å². The summed E-state index contributed by atoms with van der Waals surface area (Å²) in [7, 11) is 2.85. The Balaban J connectivity index is 1.60. The molecule has 0 saturated carbocycles. The van der Waals surface area contributed by atoms with Gasteiger partial charge in [-0.25, -0.2) is 4.79 Å². The van der Waals surface area contributed by atoms with Gasteiger partial charge < -0.3 is 19.5 Å². The molecule has 194 valence electrons. The van der Waals surface area contributed by atoms with Gasteiger partial charge >= 0.3 is 5.97 Å². The van der Waals surface area contributed by atoms with Crippen molar-refractivity contribution in [2.45, 2.75) is 19.4 Å². The molecule has 0 radical (unpaired) electrons. The monoisotopic (exact) mass is 613 g/mol. The second kappa shape index (κ2) is 10.5. The second-order valence-corrected chi connectivity index (χ2v) is 10.5. The minimum absolute atomic E-state index is 0.144. The summed E-state index contributed by atoms with van der Waals surface area (Å²) in [5.41, 5.74) is 4.93. The summed E-state index contributed by atoms with van der Waals surface area (Å²) in [4.78, 5) is 26.6. The zero-order chi connectivity index (χ0) is 27.1. The highest BCUT2D eigenvalue weighted by Crippen LogP contribution is 2.49. The van der Waals surface area contributed by atoms with E-state index in [4.69, 9.17) is 37.4 Å². The van der Waals surface area contributed by atoms with Gasteiger partial charge in [-0.05, 0) is 52.7 Å². The molecule has 1 N–H and O–H groups in total. The molecular formula is C29H22BrCl2NO5. The van der Waals surface area contributed by atoms with E-state index in [0.717, 1.165) is 11.1 Å². The summed E-state index contributed by atoms with van der Waals surface area (Å²) in [5, 5.41) is 4.30. The first-order valence-corrected chi connectivity index (χ1v) is 13.2. The number of dihydropyridines is 1. The lowest BCUT2D eigenvalue weighted by Gasteiger charge is -2.29. The number of rotatable bonds is 6. The van der Waals surface area contributed by atoms with E-state index in [0.29, 0.717) is 59.7 Å². The summed E-state index contributed by atoms with van der Waals surface area (Å²) >= 11 is 15.9. The van der Waals surface area contributed by atoms with Crippen LogP contribution in [0.4, 0.5) is 0 Å². The number of carbonyl (C=O) groups is 2. The fourth-order valence-electron chi connectivity index (χ4n) is 4.88. The van der Waals surface area contributed by atoms with Crippen molar-refractivity contribution in [2.24, 2.45) is 0 Å². The molecule has 3 aromatic rings. The molecule has 6 nitrogen and oxygen atoms in total. The molecule has 5 rings (SSSR count). The van der Waals surface area contributed by atoms with E-state index in [2.05, 4.69) is 21.2 Å². The topological polar surface area (TPSA) is 73.9 Å². The maximum atomic E-state index is 13.6. The Morgan fingerprint density at radius 2 is 1.79 bits per heavy atom. The first-order chi connectivity index (χ1) is 18.2. The number of carbonyl (C=O) groups excluding carboxylic acids is 2. The highest BCUT2D eigenvalue weighted by Gasteiger charge is 2.43. The number of esters is 1. The first-order valence-electron chi connectivity index (χ1n) is 11.6. The highest BCUT2D eigenvalue weighted by atomic mass is 79.9. The molecule has 9 heteroatoms. The van der Waals surface area contributed by atoms with Crippen molar-refractivity contribution >= 4 is 56.6 Å². The Kier molecular flexibility index (Phi) is 7.27. The van der Waals surface area contributed by atoms with Gasteiger partial charge in [-0.2, -0.15) is 0 Å². The number of halogens is 3. The van der Waals surface area contributed by atoms with Crippen LogP contribution in [0.1, 0.15) is 39.9 Å². The third-order valence-corrected chi connectivity index (χ3v) is 7.80. The van der Waals surface area contributed by atoms with Crippen molar-refractivity contribution < 1.29 is 23.8 Å². The first kappa shape index (κ1) is 26.4. The number of allylic oxidation sites excluding steroid dienone is 2. The van der Waals surface area contributed by atoms with Crippen molar-refractivity contribution in [1.82, 2.24) is 5.32 Å². The summed E-state index contributed by atoms with van der Waals surface area (Å²) in [5.74, 6) is -0.488. The SMILES string of the molecule is COC(=O)C1=C(C)NC2=C(C(=O)c3ccccc32)[C@H]1c1cc(Br)c(OCc2ccc(Cl)cc2Cl)c(OC)c1. The molecule has 0 saturated heterocycles. The zero-order valence-electron chi connectivity index (χ0n) is 20.7. The number of nitrogens with one attached hydrogen (secondary N) is 1. The number of ether oxygens (including phenoxy) is 3. The Bertz CT molecular complexity index is 1560. The number of fused-ring (bicyclic) bond motifs is 2. The average Bonchev–Trinajstić information content (AvgIpc) is 3.18. The predicted molar refractivity (Wildman–Crippen MR) is 150 cm³/mol. The predicted octanol–water partition coefficient (Wildman–Crippen LogP) is 7.08. The van der Waals surface area contributed by atoms with Gasteiger partial charge in [0.05, 0.1) is 30.0 Å². The van der Waals surface area contributed by atoms with Crippen LogP contribution in [0.5, 0.6) is 11.5 Å². The lowest BCUT2D eigenvalue weighted by atomic mass is 9.79. The number of ketones is 1. The highest BCUT2D eigenvalue weighted by molar-refractivity contribution is 9.10.